The van der Waals surface area contributed by atoms with Crippen molar-refractivity contribution >= 4 is 135 Å². The zero-order valence-electron chi connectivity index (χ0n) is 54.9. The third-order valence-electron chi connectivity index (χ3n) is 12.7. The molecule has 0 fully saturated rings. The summed E-state index contributed by atoms with van der Waals surface area (Å²) in [6.45, 7) is 13.5. The molecule has 0 saturated carbocycles. The molecule has 0 aliphatic carbocycles. The number of ketones is 2. The molecule has 3 aromatic carbocycles. The first kappa shape index (κ1) is 87.8. The predicted octanol–water partition coefficient (Wildman–Crippen LogP) is 15.4. The van der Waals surface area contributed by atoms with Crippen LogP contribution in [0.4, 0.5) is 0 Å². The minimum atomic E-state index is -0.144. The zero-order valence-corrected chi connectivity index (χ0v) is 62.8. The van der Waals surface area contributed by atoms with E-state index in [0.717, 1.165) is 224 Å². The van der Waals surface area contributed by atoms with E-state index < -0.39 is 0 Å². The number of thiol groups is 7. The van der Waals surface area contributed by atoms with E-state index in [9.17, 15) is 19.2 Å². The lowest BCUT2D eigenvalue weighted by Gasteiger charge is -2.13. The number of nitrogens with one attached hydrogen (secondary N) is 2. The molecule has 93 heavy (non-hydrogen) atoms. The Morgan fingerprint density at radius 2 is 0.516 bits per heavy atom. The maximum absolute atomic E-state index is 12.4. The van der Waals surface area contributed by atoms with Crippen molar-refractivity contribution in [3.05, 3.63) is 79.9 Å². The summed E-state index contributed by atoms with van der Waals surface area (Å²) in [5.74, 6) is 16.2. The lowest BCUT2D eigenvalue weighted by Crippen LogP contribution is -2.23. The molecule has 0 radical (unpaired) electrons. The van der Waals surface area contributed by atoms with Crippen LogP contribution in [0.1, 0.15) is 135 Å². The molecule has 2 N–H and O–H groups in total. The Kier molecular flexibility index (Phi) is 61.1. The van der Waals surface area contributed by atoms with Gasteiger partial charge < -0.3 is 53.3 Å². The minimum absolute atomic E-state index is 0.144. The summed E-state index contributed by atoms with van der Waals surface area (Å²) < 4.78 is 52.5. The van der Waals surface area contributed by atoms with Gasteiger partial charge in [0.1, 0.15) is 63.3 Å². The van der Waals surface area contributed by atoms with E-state index >= 15 is 0 Å². The summed E-state index contributed by atoms with van der Waals surface area (Å²) in [4.78, 5) is 46.2. The molecule has 0 heterocycles. The number of carbonyl (C=O) groups excluding carboxylic acids is 4. The summed E-state index contributed by atoms with van der Waals surface area (Å²) in [6, 6.07) is 17.1. The first-order chi connectivity index (χ1) is 45.5. The maximum Gasteiger partial charge on any atom is 0.243 e. The van der Waals surface area contributed by atoms with E-state index in [-0.39, 0.29) is 11.8 Å². The average molecular weight is 1460 g/mol. The van der Waals surface area contributed by atoms with E-state index in [4.69, 9.17) is 42.6 Å². The van der Waals surface area contributed by atoms with Crippen molar-refractivity contribution in [2.75, 3.05) is 136 Å². The molecule has 0 saturated heterocycles. The fourth-order valence-electron chi connectivity index (χ4n) is 7.87. The van der Waals surface area contributed by atoms with Gasteiger partial charge in [0.2, 0.25) is 11.8 Å². The van der Waals surface area contributed by atoms with Crippen LogP contribution in [0.2, 0.25) is 0 Å². The number of thioether (sulfide) groups is 2. The Bertz CT molecular complexity index is 2130. The van der Waals surface area contributed by atoms with Gasteiger partial charge in [0.15, 0.2) is 0 Å². The lowest BCUT2D eigenvalue weighted by molar-refractivity contribution is -0.119. The highest BCUT2D eigenvalue weighted by molar-refractivity contribution is 7.99. The number of ether oxygens (including phenoxy) is 9. The first-order valence-corrected chi connectivity index (χ1v) is 39.6. The van der Waals surface area contributed by atoms with Crippen LogP contribution in [-0.4, -0.2) is 159 Å². The van der Waals surface area contributed by atoms with E-state index in [1.807, 2.05) is 54.6 Å². The van der Waals surface area contributed by atoms with Gasteiger partial charge in [-0.15, -0.1) is 0 Å². The van der Waals surface area contributed by atoms with Gasteiger partial charge in [-0.1, -0.05) is 32.4 Å². The number of amides is 2. The number of benzene rings is 3. The monoisotopic (exact) mass is 1460 g/mol. The van der Waals surface area contributed by atoms with Crippen molar-refractivity contribution in [2.45, 2.75) is 135 Å². The Hall–Kier alpha value is -3.23. The quantitative estimate of drug-likeness (QED) is 0.0148. The van der Waals surface area contributed by atoms with Crippen molar-refractivity contribution in [1.82, 2.24) is 10.6 Å². The molecule has 24 heteroatoms. The second kappa shape index (κ2) is 64.7. The van der Waals surface area contributed by atoms with Gasteiger partial charge in [-0.2, -0.15) is 112 Å². The van der Waals surface area contributed by atoms with Crippen LogP contribution >= 0.6 is 112 Å². The number of rotatable bonds is 60. The molecule has 2 amide bonds. The first-order valence-electron chi connectivity index (χ1n) is 32.8. The second-order valence-electron chi connectivity index (χ2n) is 20.9. The van der Waals surface area contributed by atoms with E-state index in [1.165, 1.54) is 12.2 Å². The molecular weight excluding hydrogens is 1350 g/mol. The largest absolute Gasteiger partial charge is 0.493 e. The summed E-state index contributed by atoms with van der Waals surface area (Å²) >= 11 is 33.1. The van der Waals surface area contributed by atoms with Gasteiger partial charge in [0, 0.05) is 105 Å². The molecule has 3 rings (SSSR count). The third kappa shape index (κ3) is 53.5. The van der Waals surface area contributed by atoms with Crippen molar-refractivity contribution < 1.29 is 61.8 Å². The summed E-state index contributed by atoms with van der Waals surface area (Å²) in [7, 11) is 0. The van der Waals surface area contributed by atoms with E-state index in [2.05, 4.69) is 112 Å². The molecule has 0 aliphatic heterocycles. The van der Waals surface area contributed by atoms with Gasteiger partial charge in [-0.3, -0.25) is 19.2 Å². The molecular formula is C69H110N2O13S9. The van der Waals surface area contributed by atoms with Gasteiger partial charge in [-0.25, -0.2) is 0 Å². The summed E-state index contributed by atoms with van der Waals surface area (Å²) in [5, 5.41) is 5.37. The SMILES string of the molecule is C=CC(=O)NCCCCCNC(=O)C=C.O=C(CCCCCCCC(=O)CCSCCCOc1cc(OCCCS)cc(OCCCS)c1)CCSCCCOc1cc(OCCCS)cc(OCCCS)c1.SCCCOc1cc(OCCCS)cc(OCCCS)c1. The molecule has 15 nitrogen and oxygen atoms in total. The van der Waals surface area contributed by atoms with Crippen LogP contribution in [0, 0.1) is 0 Å². The second-order valence-corrected chi connectivity index (χ2v) is 26.5. The van der Waals surface area contributed by atoms with Crippen LogP contribution in [0.15, 0.2) is 79.9 Å². The molecule has 528 valence electrons. The molecule has 0 spiro atoms. The minimum Gasteiger partial charge on any atom is -0.493 e. The van der Waals surface area contributed by atoms with Crippen LogP contribution in [-0.2, 0) is 19.2 Å². The Labute approximate surface area is 605 Å². The predicted molar refractivity (Wildman–Crippen MR) is 414 cm³/mol. The van der Waals surface area contributed by atoms with Crippen LogP contribution in [0.25, 0.3) is 0 Å². The van der Waals surface area contributed by atoms with Crippen molar-refractivity contribution in [1.29, 1.82) is 0 Å². The topological polar surface area (TPSA) is 175 Å². The number of hydrogen-bond acceptors (Lipinski definition) is 22. The Balaban J connectivity index is 0.000000968. The highest BCUT2D eigenvalue weighted by atomic mass is 32.2. The van der Waals surface area contributed by atoms with Gasteiger partial charge in [0.05, 0.1) is 59.5 Å². The van der Waals surface area contributed by atoms with Gasteiger partial charge in [0.25, 0.3) is 0 Å². The highest BCUT2D eigenvalue weighted by Crippen LogP contribution is 2.31. The Morgan fingerprint density at radius 1 is 0.301 bits per heavy atom. The number of Topliss-reactive ketones (excluding diaryl/α,β-unsaturated/α-hetero) is 2. The molecule has 3 aromatic rings. The highest BCUT2D eigenvalue weighted by Gasteiger charge is 2.10. The lowest BCUT2D eigenvalue weighted by atomic mass is 10.1. The van der Waals surface area contributed by atoms with Crippen LogP contribution in [0.5, 0.6) is 51.7 Å². The molecule has 0 aliphatic rings. The fourth-order valence-corrected chi connectivity index (χ4v) is 10.6. The summed E-state index contributed by atoms with van der Waals surface area (Å²) in [6.07, 6.45) is 20.9. The van der Waals surface area contributed by atoms with Crippen LogP contribution in [0.3, 0.4) is 0 Å². The smallest absolute Gasteiger partial charge is 0.243 e. The number of unbranched alkanes of at least 4 members (excludes halogenated alkanes) is 6. The van der Waals surface area contributed by atoms with E-state index in [0.29, 0.717) is 110 Å². The molecule has 0 atom stereocenters. The van der Waals surface area contributed by atoms with Crippen LogP contribution < -0.4 is 53.3 Å². The third-order valence-corrected chi connectivity index (χ3v) is 17.1. The molecule has 0 unspecified atom stereocenters. The van der Waals surface area contributed by atoms with Crippen molar-refractivity contribution in [3.8, 4) is 51.7 Å². The van der Waals surface area contributed by atoms with E-state index in [1.54, 1.807) is 23.5 Å². The van der Waals surface area contributed by atoms with Gasteiger partial charge >= 0.3 is 0 Å². The van der Waals surface area contributed by atoms with Gasteiger partial charge in [-0.05, 0) is 154 Å². The number of carbonyl (C=O) groups is 4. The van der Waals surface area contributed by atoms with Crippen molar-refractivity contribution in [2.24, 2.45) is 0 Å². The molecule has 0 bridgehead atoms. The summed E-state index contributed by atoms with van der Waals surface area (Å²) in [5.41, 5.74) is 0. The Morgan fingerprint density at radius 3 is 0.742 bits per heavy atom. The molecule has 0 aromatic heterocycles. The zero-order chi connectivity index (χ0) is 67.9. The number of hydrogen-bond donors (Lipinski definition) is 9. The standard InChI is InChI=1S/C43H68O8S6.C15H24O3S3.C11H18N2O2/c44-36(14-28-56-26-10-20-50-42-32-38(46-16-6-22-52)30-39(33-42)47-17-7-23-53)12-4-2-1-3-5-13-37(45)15-29-57-27-11-21-51-43-34-40(48-18-8-24-54)31-41(35-43)49-19-9-25-55;19-7-1-4-16-13-10-14(17-5-2-8-20)12-15(11-13)18-6-3-9-21;1-3-10(14)12-8-6-5-7-9-13-11(15)4-2/h30-35,52-55H,1-29H2;10-12,19-21H,1-9H2;3-4H,1-2,5-9H2,(H,12,14)(H,13,15). The van der Waals surface area contributed by atoms with Crippen molar-refractivity contribution in [3.63, 3.8) is 0 Å². The maximum atomic E-state index is 12.4. The normalized spacial score (nSPS) is 10.6. The fraction of sp³-hybridized carbons (Fsp3) is 0.623. The average Bonchev–Trinajstić information content (AvgIpc) is 1.42.